The molecule has 0 aromatic carbocycles. The van der Waals surface area contributed by atoms with Gasteiger partial charge in [0, 0.05) is 6.54 Å². The molecule has 0 spiro atoms. The molecule has 5 heteroatoms. The van der Waals surface area contributed by atoms with E-state index in [0.29, 0.717) is 24.2 Å². The molecule has 1 aromatic rings. The zero-order valence-corrected chi connectivity index (χ0v) is 12.5. The van der Waals surface area contributed by atoms with Crippen molar-refractivity contribution in [3.8, 4) is 0 Å². The van der Waals surface area contributed by atoms with Crippen LogP contribution in [0.3, 0.4) is 0 Å². The Balaban J connectivity index is 2.29. The van der Waals surface area contributed by atoms with Crippen LogP contribution in [0.4, 0.5) is 5.82 Å². The van der Waals surface area contributed by atoms with Crippen LogP contribution in [0.2, 0.25) is 0 Å². The number of aromatic nitrogens is 2. The molecule has 20 heavy (non-hydrogen) atoms. The summed E-state index contributed by atoms with van der Waals surface area (Å²) in [6.07, 6.45) is 4.98. The molecule has 1 aromatic heterocycles. The molecule has 2 rings (SSSR count). The molecule has 0 saturated heterocycles. The van der Waals surface area contributed by atoms with E-state index in [1.165, 1.54) is 19.3 Å². The number of nitrogens with one attached hydrogen (secondary N) is 1. The van der Waals surface area contributed by atoms with Gasteiger partial charge in [0.1, 0.15) is 5.56 Å². The lowest BCUT2D eigenvalue weighted by atomic mass is 9.70. The van der Waals surface area contributed by atoms with Gasteiger partial charge in [-0.05, 0) is 36.7 Å². The topological polar surface area (TPSA) is 75.1 Å². The van der Waals surface area contributed by atoms with Crippen LogP contribution in [0.1, 0.15) is 61.6 Å². The van der Waals surface area contributed by atoms with Gasteiger partial charge in [-0.1, -0.05) is 27.2 Å². The van der Waals surface area contributed by atoms with Gasteiger partial charge in [0.2, 0.25) is 0 Å². The summed E-state index contributed by atoms with van der Waals surface area (Å²) in [5.74, 6) is -0.507. The molecular weight excluding hydrogens is 254 g/mol. The van der Waals surface area contributed by atoms with Gasteiger partial charge in [-0.2, -0.15) is 5.10 Å². The van der Waals surface area contributed by atoms with E-state index < -0.39 is 5.97 Å². The molecule has 0 radical (unpaired) electrons. The van der Waals surface area contributed by atoms with E-state index >= 15 is 0 Å². The standard InChI is InChI=1S/C15H23N3O2/c1-4-10-11(5-2)17-18-13(12(10)14(19)20)16-9-15(3)7-6-8-15/h4-9H2,1-3H3,(H,16,18)(H,19,20). The normalized spacial score (nSPS) is 16.6. The second-order valence-corrected chi connectivity index (χ2v) is 5.88. The van der Waals surface area contributed by atoms with Crippen molar-refractivity contribution in [3.63, 3.8) is 0 Å². The third-order valence-electron chi connectivity index (χ3n) is 4.30. The number of hydrogen-bond acceptors (Lipinski definition) is 4. The van der Waals surface area contributed by atoms with Gasteiger partial charge in [-0.15, -0.1) is 5.10 Å². The number of nitrogens with zero attached hydrogens (tertiary/aromatic N) is 2. The average Bonchev–Trinajstić information content (AvgIpc) is 2.41. The molecule has 1 aliphatic rings. The first kappa shape index (κ1) is 14.8. The summed E-state index contributed by atoms with van der Waals surface area (Å²) in [5, 5.41) is 21.0. The Bertz CT molecular complexity index is 510. The highest BCUT2D eigenvalue weighted by Gasteiger charge is 2.32. The Kier molecular flexibility index (Phi) is 4.26. The number of rotatable bonds is 6. The first-order valence-electron chi connectivity index (χ1n) is 7.36. The lowest BCUT2D eigenvalue weighted by molar-refractivity contribution is 0.0695. The highest BCUT2D eigenvalue weighted by atomic mass is 16.4. The van der Waals surface area contributed by atoms with Crippen molar-refractivity contribution in [2.24, 2.45) is 5.41 Å². The molecular formula is C15H23N3O2. The summed E-state index contributed by atoms with van der Waals surface area (Å²) in [6.45, 7) is 6.91. The van der Waals surface area contributed by atoms with Crippen LogP contribution in [-0.2, 0) is 12.8 Å². The van der Waals surface area contributed by atoms with E-state index in [2.05, 4.69) is 22.4 Å². The van der Waals surface area contributed by atoms with Gasteiger partial charge in [0.25, 0.3) is 0 Å². The first-order valence-corrected chi connectivity index (χ1v) is 7.36. The number of carboxylic acid groups (broad SMARTS) is 1. The van der Waals surface area contributed by atoms with Crippen LogP contribution >= 0.6 is 0 Å². The summed E-state index contributed by atoms with van der Waals surface area (Å²) in [5.41, 5.74) is 2.15. The van der Waals surface area contributed by atoms with Gasteiger partial charge in [0.15, 0.2) is 5.82 Å². The fourth-order valence-electron chi connectivity index (χ4n) is 2.78. The van der Waals surface area contributed by atoms with Crippen molar-refractivity contribution in [1.82, 2.24) is 10.2 Å². The molecule has 0 amide bonds. The van der Waals surface area contributed by atoms with Crippen molar-refractivity contribution in [2.75, 3.05) is 11.9 Å². The zero-order valence-electron chi connectivity index (χ0n) is 12.5. The third kappa shape index (κ3) is 2.76. The minimum absolute atomic E-state index is 0.271. The van der Waals surface area contributed by atoms with E-state index in [1.54, 1.807) is 0 Å². The van der Waals surface area contributed by atoms with Crippen LogP contribution < -0.4 is 5.32 Å². The highest BCUT2D eigenvalue weighted by molar-refractivity contribution is 5.95. The maximum atomic E-state index is 11.6. The lowest BCUT2D eigenvalue weighted by Gasteiger charge is -2.38. The van der Waals surface area contributed by atoms with Gasteiger partial charge in [-0.3, -0.25) is 0 Å². The van der Waals surface area contributed by atoms with E-state index in [0.717, 1.165) is 17.8 Å². The second-order valence-electron chi connectivity index (χ2n) is 5.88. The number of aryl methyl sites for hydroxylation is 1. The Morgan fingerprint density at radius 3 is 2.45 bits per heavy atom. The van der Waals surface area contributed by atoms with Crippen molar-refractivity contribution in [2.45, 2.75) is 52.9 Å². The van der Waals surface area contributed by atoms with Gasteiger partial charge < -0.3 is 10.4 Å². The number of hydrogen-bond donors (Lipinski definition) is 2. The average molecular weight is 277 g/mol. The van der Waals surface area contributed by atoms with Crippen LogP contribution in [0.25, 0.3) is 0 Å². The quantitative estimate of drug-likeness (QED) is 0.836. The SMILES string of the molecule is CCc1nnc(NCC2(C)CCC2)c(C(=O)O)c1CC. The monoisotopic (exact) mass is 277 g/mol. The second kappa shape index (κ2) is 5.77. The molecule has 0 atom stereocenters. The van der Waals surface area contributed by atoms with E-state index in [4.69, 9.17) is 0 Å². The molecule has 0 unspecified atom stereocenters. The van der Waals surface area contributed by atoms with E-state index in [1.807, 2.05) is 13.8 Å². The van der Waals surface area contributed by atoms with Crippen molar-refractivity contribution < 1.29 is 9.90 Å². The molecule has 0 bridgehead atoms. The third-order valence-corrected chi connectivity index (χ3v) is 4.30. The predicted octanol–water partition coefficient (Wildman–Crippen LogP) is 2.90. The largest absolute Gasteiger partial charge is 0.478 e. The van der Waals surface area contributed by atoms with Crippen LogP contribution in [-0.4, -0.2) is 27.8 Å². The minimum atomic E-state index is -0.923. The first-order chi connectivity index (χ1) is 9.50. The molecule has 110 valence electrons. The highest BCUT2D eigenvalue weighted by Crippen LogP contribution is 2.40. The van der Waals surface area contributed by atoms with Crippen molar-refractivity contribution in [1.29, 1.82) is 0 Å². The van der Waals surface area contributed by atoms with Gasteiger partial charge in [-0.25, -0.2) is 4.79 Å². The number of aromatic carboxylic acids is 1. The molecule has 1 heterocycles. The number of carboxylic acids is 1. The van der Waals surface area contributed by atoms with E-state index in [9.17, 15) is 9.90 Å². The Labute approximate surface area is 119 Å². The van der Waals surface area contributed by atoms with Crippen LogP contribution in [0, 0.1) is 5.41 Å². The summed E-state index contributed by atoms with van der Waals surface area (Å²) in [4.78, 5) is 11.6. The Hall–Kier alpha value is -1.65. The minimum Gasteiger partial charge on any atom is -0.478 e. The molecule has 1 fully saturated rings. The van der Waals surface area contributed by atoms with Crippen LogP contribution in [0.15, 0.2) is 0 Å². The molecule has 2 N–H and O–H groups in total. The predicted molar refractivity (Wildman–Crippen MR) is 78.2 cm³/mol. The lowest BCUT2D eigenvalue weighted by Crippen LogP contribution is -2.34. The van der Waals surface area contributed by atoms with Crippen LogP contribution in [0.5, 0.6) is 0 Å². The van der Waals surface area contributed by atoms with Gasteiger partial charge >= 0.3 is 5.97 Å². The fourth-order valence-corrected chi connectivity index (χ4v) is 2.78. The molecule has 1 aliphatic carbocycles. The van der Waals surface area contributed by atoms with Crippen molar-refractivity contribution >= 4 is 11.8 Å². The summed E-state index contributed by atoms with van der Waals surface area (Å²) in [7, 11) is 0. The Morgan fingerprint density at radius 1 is 1.30 bits per heavy atom. The summed E-state index contributed by atoms with van der Waals surface area (Å²) >= 11 is 0. The zero-order chi connectivity index (χ0) is 14.8. The van der Waals surface area contributed by atoms with Gasteiger partial charge in [0.05, 0.1) is 5.69 Å². The molecule has 5 nitrogen and oxygen atoms in total. The molecule has 0 aliphatic heterocycles. The smallest absolute Gasteiger partial charge is 0.339 e. The van der Waals surface area contributed by atoms with Crippen molar-refractivity contribution in [3.05, 3.63) is 16.8 Å². The fraction of sp³-hybridized carbons (Fsp3) is 0.667. The van der Waals surface area contributed by atoms with E-state index in [-0.39, 0.29) is 5.41 Å². The number of anilines is 1. The maximum absolute atomic E-state index is 11.6. The Morgan fingerprint density at radius 2 is 2.00 bits per heavy atom. The molecule has 1 saturated carbocycles. The summed E-state index contributed by atoms with van der Waals surface area (Å²) in [6, 6.07) is 0. The summed E-state index contributed by atoms with van der Waals surface area (Å²) < 4.78 is 0. The number of carbonyl (C=O) groups is 1. The maximum Gasteiger partial charge on any atom is 0.339 e.